The van der Waals surface area contributed by atoms with Gasteiger partial charge in [0, 0.05) is 12.6 Å². The molecule has 0 aromatic heterocycles. The molecule has 1 saturated heterocycles. The van der Waals surface area contributed by atoms with Gasteiger partial charge in [0.2, 0.25) is 0 Å². The Bertz CT molecular complexity index is 217. The SMILES string of the molecule is CC(C)C(N)CN1CCCC(C(C)(C)C)CC1. The molecule has 0 radical (unpaired) electrons. The summed E-state index contributed by atoms with van der Waals surface area (Å²) in [7, 11) is 0. The number of hydrogen-bond donors (Lipinski definition) is 1. The van der Waals surface area contributed by atoms with Crippen LogP contribution < -0.4 is 5.73 Å². The molecule has 0 aromatic carbocycles. The van der Waals surface area contributed by atoms with Gasteiger partial charge in [0.15, 0.2) is 0 Å². The predicted molar refractivity (Wildman–Crippen MR) is 76.0 cm³/mol. The summed E-state index contributed by atoms with van der Waals surface area (Å²) in [6.45, 7) is 15.2. The summed E-state index contributed by atoms with van der Waals surface area (Å²) in [5.74, 6) is 1.47. The van der Waals surface area contributed by atoms with Crippen LogP contribution in [0.4, 0.5) is 0 Å². The summed E-state index contributed by atoms with van der Waals surface area (Å²) < 4.78 is 0. The van der Waals surface area contributed by atoms with Gasteiger partial charge in [-0.25, -0.2) is 0 Å². The Hall–Kier alpha value is -0.0800. The molecule has 2 nitrogen and oxygen atoms in total. The van der Waals surface area contributed by atoms with E-state index in [1.165, 1.54) is 32.4 Å². The fourth-order valence-electron chi connectivity index (χ4n) is 2.71. The molecule has 1 rings (SSSR count). The third-order valence-electron chi connectivity index (χ3n) is 4.37. The maximum atomic E-state index is 6.18. The van der Waals surface area contributed by atoms with Gasteiger partial charge >= 0.3 is 0 Å². The lowest BCUT2D eigenvalue weighted by Gasteiger charge is -2.30. The fraction of sp³-hybridized carbons (Fsp3) is 1.00. The molecule has 2 heteroatoms. The lowest BCUT2D eigenvalue weighted by molar-refractivity contribution is 0.202. The van der Waals surface area contributed by atoms with Crippen molar-refractivity contribution in [2.45, 2.75) is 59.9 Å². The quantitative estimate of drug-likeness (QED) is 0.821. The minimum absolute atomic E-state index is 0.334. The number of hydrogen-bond acceptors (Lipinski definition) is 2. The zero-order chi connectivity index (χ0) is 13.1. The first kappa shape index (κ1) is 15.0. The summed E-state index contributed by atoms with van der Waals surface area (Å²) >= 11 is 0. The van der Waals surface area contributed by atoms with Crippen molar-refractivity contribution >= 4 is 0 Å². The topological polar surface area (TPSA) is 29.3 Å². The molecular weight excluding hydrogens is 208 g/mol. The molecule has 1 heterocycles. The van der Waals surface area contributed by atoms with Crippen LogP contribution in [0.3, 0.4) is 0 Å². The van der Waals surface area contributed by atoms with E-state index in [4.69, 9.17) is 5.73 Å². The summed E-state index contributed by atoms with van der Waals surface area (Å²) in [4.78, 5) is 2.58. The second-order valence-corrected chi connectivity index (χ2v) is 7.20. The molecule has 17 heavy (non-hydrogen) atoms. The van der Waals surface area contributed by atoms with E-state index in [9.17, 15) is 0 Å². The van der Waals surface area contributed by atoms with Crippen LogP contribution in [0, 0.1) is 17.3 Å². The van der Waals surface area contributed by atoms with Crippen LogP contribution in [0.2, 0.25) is 0 Å². The highest BCUT2D eigenvalue weighted by Gasteiger charge is 2.27. The van der Waals surface area contributed by atoms with E-state index in [0.29, 0.717) is 17.4 Å². The van der Waals surface area contributed by atoms with Crippen LogP contribution >= 0.6 is 0 Å². The van der Waals surface area contributed by atoms with E-state index in [0.717, 1.165) is 12.5 Å². The van der Waals surface area contributed by atoms with Crippen molar-refractivity contribution in [3.05, 3.63) is 0 Å². The smallest absolute Gasteiger partial charge is 0.0191 e. The summed E-state index contributed by atoms with van der Waals surface area (Å²) in [6.07, 6.45) is 4.07. The average Bonchev–Trinajstić information content (AvgIpc) is 2.42. The average molecular weight is 240 g/mol. The molecule has 1 fully saturated rings. The van der Waals surface area contributed by atoms with E-state index in [2.05, 4.69) is 39.5 Å². The van der Waals surface area contributed by atoms with Gasteiger partial charge in [-0.05, 0) is 49.6 Å². The van der Waals surface area contributed by atoms with Crippen molar-refractivity contribution in [3.63, 3.8) is 0 Å². The van der Waals surface area contributed by atoms with Gasteiger partial charge in [0.05, 0.1) is 0 Å². The molecule has 0 spiro atoms. The van der Waals surface area contributed by atoms with Gasteiger partial charge in [-0.2, -0.15) is 0 Å². The fourth-order valence-corrected chi connectivity index (χ4v) is 2.71. The van der Waals surface area contributed by atoms with E-state index in [1.54, 1.807) is 0 Å². The Labute approximate surface area is 108 Å². The molecule has 0 bridgehead atoms. The Morgan fingerprint density at radius 1 is 1.18 bits per heavy atom. The van der Waals surface area contributed by atoms with Crippen LogP contribution in [0.15, 0.2) is 0 Å². The molecule has 2 atom stereocenters. The molecule has 0 aliphatic carbocycles. The van der Waals surface area contributed by atoms with Gasteiger partial charge in [-0.3, -0.25) is 0 Å². The number of nitrogens with zero attached hydrogens (tertiary/aromatic N) is 1. The first-order valence-corrected chi connectivity index (χ1v) is 7.28. The Balaban J connectivity index is 2.43. The molecule has 0 amide bonds. The second-order valence-electron chi connectivity index (χ2n) is 7.20. The summed E-state index contributed by atoms with van der Waals surface area (Å²) in [6, 6.07) is 0.334. The summed E-state index contributed by atoms with van der Waals surface area (Å²) in [5, 5.41) is 0. The maximum Gasteiger partial charge on any atom is 0.0191 e. The van der Waals surface area contributed by atoms with E-state index in [1.807, 2.05) is 0 Å². The van der Waals surface area contributed by atoms with Gasteiger partial charge in [-0.1, -0.05) is 34.6 Å². The first-order valence-electron chi connectivity index (χ1n) is 7.28. The predicted octanol–water partition coefficient (Wildman–Crippen LogP) is 3.12. The first-order chi connectivity index (χ1) is 7.80. The minimum Gasteiger partial charge on any atom is -0.326 e. The standard InChI is InChI=1S/C15H32N2/c1-12(2)14(16)11-17-9-6-7-13(8-10-17)15(3,4)5/h12-14H,6-11,16H2,1-5H3. The molecule has 1 aliphatic rings. The molecular formula is C15H32N2. The Morgan fingerprint density at radius 3 is 2.35 bits per heavy atom. The second kappa shape index (κ2) is 6.19. The van der Waals surface area contributed by atoms with Crippen molar-refractivity contribution in [1.82, 2.24) is 4.90 Å². The molecule has 102 valence electrons. The van der Waals surface area contributed by atoms with E-state index in [-0.39, 0.29) is 0 Å². The Kier molecular flexibility index (Phi) is 5.46. The maximum absolute atomic E-state index is 6.18. The van der Waals surface area contributed by atoms with Crippen LogP contribution in [0.5, 0.6) is 0 Å². The van der Waals surface area contributed by atoms with Crippen molar-refractivity contribution in [3.8, 4) is 0 Å². The van der Waals surface area contributed by atoms with Crippen LogP contribution in [0.25, 0.3) is 0 Å². The zero-order valence-electron chi connectivity index (χ0n) is 12.5. The lowest BCUT2D eigenvalue weighted by Crippen LogP contribution is -2.41. The van der Waals surface area contributed by atoms with Crippen molar-refractivity contribution in [2.24, 2.45) is 23.0 Å². The highest BCUT2D eigenvalue weighted by Crippen LogP contribution is 2.34. The number of rotatable bonds is 3. The Morgan fingerprint density at radius 2 is 1.82 bits per heavy atom. The van der Waals surface area contributed by atoms with E-state index < -0.39 is 0 Å². The lowest BCUT2D eigenvalue weighted by atomic mass is 9.77. The molecule has 0 saturated carbocycles. The zero-order valence-corrected chi connectivity index (χ0v) is 12.5. The van der Waals surface area contributed by atoms with Crippen molar-refractivity contribution in [2.75, 3.05) is 19.6 Å². The monoisotopic (exact) mass is 240 g/mol. The minimum atomic E-state index is 0.334. The van der Waals surface area contributed by atoms with Gasteiger partial charge < -0.3 is 10.6 Å². The third-order valence-corrected chi connectivity index (χ3v) is 4.37. The normalized spacial score (nSPS) is 25.9. The molecule has 2 unspecified atom stereocenters. The van der Waals surface area contributed by atoms with Gasteiger partial charge in [0.25, 0.3) is 0 Å². The largest absolute Gasteiger partial charge is 0.326 e. The van der Waals surface area contributed by atoms with Crippen LogP contribution in [-0.4, -0.2) is 30.6 Å². The van der Waals surface area contributed by atoms with Crippen molar-refractivity contribution in [1.29, 1.82) is 0 Å². The third kappa shape index (κ3) is 4.97. The highest BCUT2D eigenvalue weighted by molar-refractivity contribution is 4.80. The number of nitrogens with two attached hydrogens (primary N) is 1. The van der Waals surface area contributed by atoms with Crippen LogP contribution in [-0.2, 0) is 0 Å². The number of likely N-dealkylation sites (tertiary alicyclic amines) is 1. The van der Waals surface area contributed by atoms with Gasteiger partial charge in [0.1, 0.15) is 0 Å². The summed E-state index contributed by atoms with van der Waals surface area (Å²) in [5.41, 5.74) is 6.65. The van der Waals surface area contributed by atoms with Gasteiger partial charge in [-0.15, -0.1) is 0 Å². The molecule has 1 aliphatic heterocycles. The van der Waals surface area contributed by atoms with Crippen LogP contribution in [0.1, 0.15) is 53.9 Å². The molecule has 0 aromatic rings. The van der Waals surface area contributed by atoms with Crippen molar-refractivity contribution < 1.29 is 0 Å². The highest BCUT2D eigenvalue weighted by atomic mass is 15.1. The van der Waals surface area contributed by atoms with E-state index >= 15 is 0 Å². The molecule has 2 N–H and O–H groups in total.